The third-order valence-corrected chi connectivity index (χ3v) is 5.88. The Kier molecular flexibility index (Phi) is 6.43. The fourth-order valence-corrected chi connectivity index (χ4v) is 3.84. The van der Waals surface area contributed by atoms with E-state index in [1.165, 1.54) is 18.2 Å². The molecule has 1 aliphatic heterocycles. The molecule has 166 valence electrons. The normalized spacial score (nSPS) is 16.0. The second kappa shape index (κ2) is 9.42. The van der Waals surface area contributed by atoms with E-state index in [1.54, 1.807) is 24.4 Å². The lowest BCUT2D eigenvalue weighted by Crippen LogP contribution is -2.45. The van der Waals surface area contributed by atoms with Crippen LogP contribution in [-0.4, -0.2) is 64.1 Å². The van der Waals surface area contributed by atoms with Crippen LogP contribution in [0.4, 0.5) is 16.0 Å². The highest BCUT2D eigenvalue weighted by Gasteiger charge is 2.22. The fraction of sp³-hybridized carbons (Fsp3) is 0.292. The number of carboxylic acids is 1. The standard InChI is InChI=1S/C24H26FN5O2/c1-16(30-13-11-29(2)12-14-30)20-8-7-19(15-21(20)25)27-24-26-10-9-22(28-24)17-3-5-18(6-4-17)23(31)32/h3-10,15-16H,11-14H2,1-2H3,(H,31,32)(H,26,27,28). The quantitative estimate of drug-likeness (QED) is 0.605. The Labute approximate surface area is 186 Å². The minimum atomic E-state index is -0.978. The number of hydrogen-bond donors (Lipinski definition) is 2. The maximum absolute atomic E-state index is 14.9. The van der Waals surface area contributed by atoms with Crippen molar-refractivity contribution < 1.29 is 14.3 Å². The summed E-state index contributed by atoms with van der Waals surface area (Å²) in [5.41, 5.74) is 2.86. The van der Waals surface area contributed by atoms with E-state index in [9.17, 15) is 9.18 Å². The van der Waals surface area contributed by atoms with Crippen LogP contribution in [0, 0.1) is 5.82 Å². The molecule has 7 nitrogen and oxygen atoms in total. The van der Waals surface area contributed by atoms with Gasteiger partial charge in [-0.25, -0.2) is 19.2 Å². The molecule has 8 heteroatoms. The molecular weight excluding hydrogens is 409 g/mol. The number of nitrogens with zero attached hydrogens (tertiary/aromatic N) is 4. The molecule has 1 unspecified atom stereocenters. The van der Waals surface area contributed by atoms with Gasteiger partial charge in [0.05, 0.1) is 11.3 Å². The average Bonchev–Trinajstić information content (AvgIpc) is 2.79. The van der Waals surface area contributed by atoms with Crippen LogP contribution in [0.5, 0.6) is 0 Å². The zero-order valence-electron chi connectivity index (χ0n) is 18.1. The Morgan fingerprint density at radius 1 is 1.09 bits per heavy atom. The van der Waals surface area contributed by atoms with Crippen molar-refractivity contribution in [1.82, 2.24) is 19.8 Å². The third kappa shape index (κ3) is 4.92. The topological polar surface area (TPSA) is 81.6 Å². The Morgan fingerprint density at radius 2 is 1.81 bits per heavy atom. The van der Waals surface area contributed by atoms with Crippen molar-refractivity contribution in [3.8, 4) is 11.3 Å². The highest BCUT2D eigenvalue weighted by Crippen LogP contribution is 2.27. The Balaban J connectivity index is 1.48. The lowest BCUT2D eigenvalue weighted by atomic mass is 10.0. The van der Waals surface area contributed by atoms with Gasteiger partial charge in [-0.15, -0.1) is 0 Å². The second-order valence-corrected chi connectivity index (χ2v) is 8.02. The summed E-state index contributed by atoms with van der Waals surface area (Å²) in [5, 5.41) is 12.1. The molecule has 1 aliphatic rings. The van der Waals surface area contributed by atoms with Gasteiger partial charge in [0, 0.05) is 55.2 Å². The first-order valence-corrected chi connectivity index (χ1v) is 10.6. The number of nitrogens with one attached hydrogen (secondary N) is 1. The molecule has 1 fully saturated rings. The minimum Gasteiger partial charge on any atom is -0.478 e. The maximum Gasteiger partial charge on any atom is 0.335 e. The van der Waals surface area contributed by atoms with Crippen LogP contribution in [0.1, 0.15) is 28.9 Å². The summed E-state index contributed by atoms with van der Waals surface area (Å²) in [4.78, 5) is 24.3. The van der Waals surface area contributed by atoms with E-state index in [4.69, 9.17) is 5.11 Å². The van der Waals surface area contributed by atoms with E-state index in [-0.39, 0.29) is 17.4 Å². The number of rotatable bonds is 6. The van der Waals surface area contributed by atoms with Crippen LogP contribution < -0.4 is 5.32 Å². The van der Waals surface area contributed by atoms with Crippen LogP contribution in [0.2, 0.25) is 0 Å². The lowest BCUT2D eigenvalue weighted by molar-refractivity contribution is 0.0697. The van der Waals surface area contributed by atoms with Gasteiger partial charge in [-0.1, -0.05) is 18.2 Å². The molecule has 1 atom stereocenters. The Bertz CT molecular complexity index is 1100. The summed E-state index contributed by atoms with van der Waals surface area (Å²) in [6, 6.07) is 13.3. The number of aromatic nitrogens is 2. The second-order valence-electron chi connectivity index (χ2n) is 8.02. The van der Waals surface area contributed by atoms with E-state index in [2.05, 4.69) is 32.1 Å². The van der Waals surface area contributed by atoms with Gasteiger partial charge >= 0.3 is 5.97 Å². The molecule has 2 heterocycles. The summed E-state index contributed by atoms with van der Waals surface area (Å²) in [5.74, 6) is -0.903. The van der Waals surface area contributed by atoms with E-state index < -0.39 is 5.97 Å². The van der Waals surface area contributed by atoms with Crippen molar-refractivity contribution in [2.45, 2.75) is 13.0 Å². The van der Waals surface area contributed by atoms with Crippen molar-refractivity contribution in [2.24, 2.45) is 0 Å². The molecule has 0 aliphatic carbocycles. The smallest absolute Gasteiger partial charge is 0.335 e. The van der Waals surface area contributed by atoms with Crippen LogP contribution in [-0.2, 0) is 0 Å². The maximum atomic E-state index is 14.9. The molecule has 3 aromatic rings. The average molecular weight is 436 g/mol. The van der Waals surface area contributed by atoms with E-state index in [0.29, 0.717) is 22.9 Å². The van der Waals surface area contributed by atoms with E-state index >= 15 is 0 Å². The lowest BCUT2D eigenvalue weighted by Gasteiger charge is -2.36. The summed E-state index contributed by atoms with van der Waals surface area (Å²) in [6.07, 6.45) is 1.61. The van der Waals surface area contributed by atoms with Crippen molar-refractivity contribution in [3.05, 3.63) is 71.7 Å². The zero-order valence-corrected chi connectivity index (χ0v) is 18.1. The molecule has 1 aromatic heterocycles. The number of piperazine rings is 1. The molecular formula is C24H26FN5O2. The van der Waals surface area contributed by atoms with Gasteiger partial charge < -0.3 is 15.3 Å². The Morgan fingerprint density at radius 3 is 2.47 bits per heavy atom. The van der Waals surface area contributed by atoms with Crippen LogP contribution in [0.25, 0.3) is 11.3 Å². The molecule has 2 aromatic carbocycles. The molecule has 4 rings (SSSR count). The zero-order chi connectivity index (χ0) is 22.7. The number of hydrogen-bond acceptors (Lipinski definition) is 6. The largest absolute Gasteiger partial charge is 0.478 e. The van der Waals surface area contributed by atoms with Gasteiger partial charge in [0.2, 0.25) is 5.95 Å². The molecule has 32 heavy (non-hydrogen) atoms. The number of aromatic carboxylic acids is 1. The number of anilines is 2. The number of likely N-dealkylation sites (N-methyl/N-ethyl adjacent to an activating group) is 1. The number of carboxylic acid groups (broad SMARTS) is 1. The number of halogens is 1. The molecule has 2 N–H and O–H groups in total. The van der Waals surface area contributed by atoms with Crippen molar-refractivity contribution >= 4 is 17.6 Å². The van der Waals surface area contributed by atoms with Gasteiger partial charge in [0.1, 0.15) is 5.82 Å². The van der Waals surface area contributed by atoms with Gasteiger partial charge in [-0.05, 0) is 44.3 Å². The van der Waals surface area contributed by atoms with E-state index in [0.717, 1.165) is 31.7 Å². The molecule has 1 saturated heterocycles. The first-order chi connectivity index (χ1) is 15.4. The first-order valence-electron chi connectivity index (χ1n) is 10.6. The van der Waals surface area contributed by atoms with Crippen LogP contribution in [0.3, 0.4) is 0 Å². The van der Waals surface area contributed by atoms with Crippen molar-refractivity contribution in [3.63, 3.8) is 0 Å². The summed E-state index contributed by atoms with van der Waals surface area (Å²) in [7, 11) is 2.10. The van der Waals surface area contributed by atoms with Crippen molar-refractivity contribution in [2.75, 3.05) is 38.5 Å². The summed E-state index contributed by atoms with van der Waals surface area (Å²) < 4.78 is 14.9. The van der Waals surface area contributed by atoms with Gasteiger partial charge in [-0.3, -0.25) is 4.90 Å². The summed E-state index contributed by atoms with van der Waals surface area (Å²) in [6.45, 7) is 5.85. The molecule has 0 radical (unpaired) electrons. The minimum absolute atomic E-state index is 0.00565. The predicted molar refractivity (Wildman–Crippen MR) is 122 cm³/mol. The summed E-state index contributed by atoms with van der Waals surface area (Å²) >= 11 is 0. The first kappa shape index (κ1) is 21.9. The van der Waals surface area contributed by atoms with Crippen LogP contribution >= 0.6 is 0 Å². The highest BCUT2D eigenvalue weighted by atomic mass is 19.1. The van der Waals surface area contributed by atoms with Gasteiger partial charge in [0.25, 0.3) is 0 Å². The molecule has 0 saturated carbocycles. The highest BCUT2D eigenvalue weighted by molar-refractivity contribution is 5.88. The van der Waals surface area contributed by atoms with Crippen LogP contribution in [0.15, 0.2) is 54.7 Å². The number of benzene rings is 2. The van der Waals surface area contributed by atoms with E-state index in [1.807, 2.05) is 19.1 Å². The van der Waals surface area contributed by atoms with Crippen molar-refractivity contribution in [1.29, 1.82) is 0 Å². The SMILES string of the molecule is CC(c1ccc(Nc2nccc(-c3ccc(C(=O)O)cc3)n2)cc1F)N1CCN(C)CC1. The molecule has 0 bridgehead atoms. The Hall–Kier alpha value is -3.36. The molecule has 0 amide bonds. The third-order valence-electron chi connectivity index (χ3n) is 5.88. The molecule has 0 spiro atoms. The fourth-order valence-electron chi connectivity index (χ4n) is 3.84. The van der Waals surface area contributed by atoms with Gasteiger partial charge in [-0.2, -0.15) is 0 Å². The predicted octanol–water partition coefficient (Wildman–Crippen LogP) is 4.03. The van der Waals surface area contributed by atoms with Gasteiger partial charge in [0.15, 0.2) is 0 Å². The number of carbonyl (C=O) groups is 1. The monoisotopic (exact) mass is 435 g/mol.